The van der Waals surface area contributed by atoms with E-state index >= 15 is 0 Å². The molecule has 1 fully saturated rings. The van der Waals surface area contributed by atoms with Crippen LogP contribution in [0.4, 0.5) is 0 Å². The number of aryl methyl sites for hydroxylation is 2. The standard InChI is InChI=1S/C21H32N6.HI/c1-5-21(10-7-11-21)15-25-20(22-6-2)24-14-18-8-9-19(23-13-18)27-17(4)12-16(3)26-27;/h8-9,12-13H,5-7,10-11,14-15H2,1-4H3,(H2,22,24,25);1H. The van der Waals surface area contributed by atoms with Crippen LogP contribution in [0.2, 0.25) is 0 Å². The fourth-order valence-electron chi connectivity index (χ4n) is 3.61. The minimum absolute atomic E-state index is 0. The maximum absolute atomic E-state index is 4.74. The van der Waals surface area contributed by atoms with E-state index in [1.165, 1.54) is 25.7 Å². The van der Waals surface area contributed by atoms with Crippen molar-refractivity contribution >= 4 is 29.9 Å². The summed E-state index contributed by atoms with van der Waals surface area (Å²) in [5.41, 5.74) is 3.65. The fraction of sp³-hybridized carbons (Fsp3) is 0.571. The van der Waals surface area contributed by atoms with Crippen molar-refractivity contribution in [1.29, 1.82) is 0 Å². The number of rotatable bonds is 7. The normalized spacial score (nSPS) is 15.5. The number of halogens is 1. The van der Waals surface area contributed by atoms with Gasteiger partial charge in [-0.05, 0) is 63.1 Å². The molecule has 7 heteroatoms. The molecule has 1 aliphatic rings. The van der Waals surface area contributed by atoms with Crippen LogP contribution >= 0.6 is 24.0 Å². The molecule has 2 aromatic heterocycles. The van der Waals surface area contributed by atoms with Crippen molar-refractivity contribution in [2.75, 3.05) is 13.1 Å². The first-order chi connectivity index (χ1) is 13.0. The molecule has 0 saturated heterocycles. The Morgan fingerprint density at radius 1 is 1.21 bits per heavy atom. The first kappa shape index (κ1) is 22.6. The summed E-state index contributed by atoms with van der Waals surface area (Å²) in [6.07, 6.45) is 7.13. The van der Waals surface area contributed by atoms with Gasteiger partial charge in [0.15, 0.2) is 11.8 Å². The van der Waals surface area contributed by atoms with Crippen molar-refractivity contribution in [3.05, 3.63) is 41.3 Å². The molecule has 0 amide bonds. The molecular formula is C21H33IN6. The van der Waals surface area contributed by atoms with Gasteiger partial charge in [-0.3, -0.25) is 0 Å². The Labute approximate surface area is 185 Å². The van der Waals surface area contributed by atoms with E-state index in [1.54, 1.807) is 0 Å². The lowest BCUT2D eigenvalue weighted by Crippen LogP contribution is -2.46. The summed E-state index contributed by atoms with van der Waals surface area (Å²) in [6.45, 7) is 10.9. The van der Waals surface area contributed by atoms with Gasteiger partial charge in [-0.1, -0.05) is 19.4 Å². The molecule has 0 bridgehead atoms. The predicted octanol–water partition coefficient (Wildman–Crippen LogP) is 4.14. The van der Waals surface area contributed by atoms with Gasteiger partial charge in [0.1, 0.15) is 0 Å². The van der Waals surface area contributed by atoms with E-state index in [0.717, 1.165) is 41.8 Å². The van der Waals surface area contributed by atoms with Crippen molar-refractivity contribution in [2.24, 2.45) is 10.4 Å². The second-order valence-corrected chi connectivity index (χ2v) is 7.62. The minimum atomic E-state index is 0. The third kappa shape index (κ3) is 5.46. The van der Waals surface area contributed by atoms with Crippen LogP contribution < -0.4 is 10.6 Å². The first-order valence-electron chi connectivity index (χ1n) is 10.1. The van der Waals surface area contributed by atoms with Gasteiger partial charge in [-0.15, -0.1) is 24.0 Å². The van der Waals surface area contributed by atoms with E-state index in [9.17, 15) is 0 Å². The molecule has 1 saturated carbocycles. The summed E-state index contributed by atoms with van der Waals surface area (Å²) < 4.78 is 1.87. The van der Waals surface area contributed by atoms with Gasteiger partial charge in [0.2, 0.25) is 0 Å². The number of guanidine groups is 1. The lowest BCUT2D eigenvalue weighted by molar-refractivity contribution is 0.131. The molecule has 6 nitrogen and oxygen atoms in total. The molecule has 0 aromatic carbocycles. The second-order valence-electron chi connectivity index (χ2n) is 7.62. The van der Waals surface area contributed by atoms with E-state index in [2.05, 4.69) is 46.7 Å². The van der Waals surface area contributed by atoms with Gasteiger partial charge < -0.3 is 10.6 Å². The van der Waals surface area contributed by atoms with Crippen molar-refractivity contribution < 1.29 is 0 Å². The van der Waals surface area contributed by atoms with Crippen LogP contribution in [-0.2, 0) is 6.54 Å². The van der Waals surface area contributed by atoms with E-state index in [4.69, 9.17) is 4.99 Å². The van der Waals surface area contributed by atoms with Crippen LogP contribution in [0.1, 0.15) is 56.5 Å². The second kappa shape index (κ2) is 10.2. The monoisotopic (exact) mass is 496 g/mol. The van der Waals surface area contributed by atoms with Crippen LogP contribution in [-0.4, -0.2) is 33.8 Å². The zero-order valence-corrected chi connectivity index (χ0v) is 19.8. The summed E-state index contributed by atoms with van der Waals surface area (Å²) in [4.78, 5) is 9.29. The molecule has 28 heavy (non-hydrogen) atoms. The van der Waals surface area contributed by atoms with Gasteiger partial charge in [-0.25, -0.2) is 14.7 Å². The highest BCUT2D eigenvalue weighted by Gasteiger charge is 2.34. The zero-order chi connectivity index (χ0) is 19.3. The molecule has 0 aliphatic heterocycles. The number of hydrogen-bond acceptors (Lipinski definition) is 3. The highest BCUT2D eigenvalue weighted by atomic mass is 127. The van der Waals surface area contributed by atoms with Crippen LogP contribution in [0.3, 0.4) is 0 Å². The summed E-state index contributed by atoms with van der Waals surface area (Å²) in [7, 11) is 0. The molecule has 0 radical (unpaired) electrons. The number of nitrogens with one attached hydrogen (secondary N) is 2. The summed E-state index contributed by atoms with van der Waals surface area (Å²) in [5.74, 6) is 1.73. The Balaban J connectivity index is 0.00000280. The molecule has 2 N–H and O–H groups in total. The number of hydrogen-bond donors (Lipinski definition) is 2. The first-order valence-corrected chi connectivity index (χ1v) is 10.1. The van der Waals surface area contributed by atoms with E-state index in [-0.39, 0.29) is 24.0 Å². The summed E-state index contributed by atoms with van der Waals surface area (Å²) >= 11 is 0. The fourth-order valence-corrected chi connectivity index (χ4v) is 3.61. The van der Waals surface area contributed by atoms with Crippen molar-refractivity contribution in [2.45, 2.75) is 59.9 Å². The van der Waals surface area contributed by atoms with Gasteiger partial charge in [-0.2, -0.15) is 5.10 Å². The Morgan fingerprint density at radius 3 is 2.50 bits per heavy atom. The third-order valence-corrected chi connectivity index (χ3v) is 5.59. The number of nitrogens with zero attached hydrogens (tertiary/aromatic N) is 4. The molecule has 3 rings (SSSR count). The van der Waals surface area contributed by atoms with Crippen LogP contribution in [0.5, 0.6) is 0 Å². The third-order valence-electron chi connectivity index (χ3n) is 5.59. The van der Waals surface area contributed by atoms with E-state index < -0.39 is 0 Å². The predicted molar refractivity (Wildman–Crippen MR) is 126 cm³/mol. The van der Waals surface area contributed by atoms with E-state index in [1.807, 2.05) is 30.8 Å². The quantitative estimate of drug-likeness (QED) is 0.344. The van der Waals surface area contributed by atoms with Gasteiger partial charge in [0.05, 0.1) is 12.2 Å². The topological polar surface area (TPSA) is 67.1 Å². The lowest BCUT2D eigenvalue weighted by Gasteiger charge is -2.41. The highest BCUT2D eigenvalue weighted by Crippen LogP contribution is 2.42. The maximum Gasteiger partial charge on any atom is 0.191 e. The molecule has 1 aliphatic carbocycles. The molecule has 154 valence electrons. The van der Waals surface area contributed by atoms with Gasteiger partial charge in [0.25, 0.3) is 0 Å². The van der Waals surface area contributed by atoms with Crippen molar-refractivity contribution in [3.8, 4) is 5.82 Å². The SMILES string of the molecule is CCNC(=NCc1ccc(-n2nc(C)cc2C)nc1)NCC1(CC)CCC1.I. The van der Waals surface area contributed by atoms with Crippen molar-refractivity contribution in [3.63, 3.8) is 0 Å². The minimum Gasteiger partial charge on any atom is -0.357 e. The smallest absolute Gasteiger partial charge is 0.191 e. The molecular weight excluding hydrogens is 463 g/mol. The Morgan fingerprint density at radius 2 is 2.00 bits per heavy atom. The lowest BCUT2D eigenvalue weighted by atomic mass is 9.67. The van der Waals surface area contributed by atoms with Crippen LogP contribution in [0.15, 0.2) is 29.4 Å². The molecule has 0 atom stereocenters. The zero-order valence-electron chi connectivity index (χ0n) is 17.5. The molecule has 0 unspecified atom stereocenters. The molecule has 0 spiro atoms. The van der Waals surface area contributed by atoms with Gasteiger partial charge >= 0.3 is 0 Å². The summed E-state index contributed by atoms with van der Waals surface area (Å²) in [6, 6.07) is 6.13. The number of pyridine rings is 1. The van der Waals surface area contributed by atoms with Gasteiger partial charge in [0, 0.05) is 25.0 Å². The molecule has 2 heterocycles. The molecule has 2 aromatic rings. The number of aliphatic imine (C=N–C) groups is 1. The Hall–Kier alpha value is -1.64. The number of aromatic nitrogens is 3. The van der Waals surface area contributed by atoms with Crippen LogP contribution in [0.25, 0.3) is 5.82 Å². The average molecular weight is 496 g/mol. The average Bonchev–Trinajstić information content (AvgIpc) is 2.97. The summed E-state index contributed by atoms with van der Waals surface area (Å²) in [5, 5.41) is 11.4. The largest absolute Gasteiger partial charge is 0.357 e. The highest BCUT2D eigenvalue weighted by molar-refractivity contribution is 14.0. The van der Waals surface area contributed by atoms with Crippen LogP contribution in [0, 0.1) is 19.3 Å². The van der Waals surface area contributed by atoms with E-state index in [0.29, 0.717) is 12.0 Å². The maximum atomic E-state index is 4.74. The Bertz CT molecular complexity index is 771. The van der Waals surface area contributed by atoms with Crippen molar-refractivity contribution in [1.82, 2.24) is 25.4 Å². The Kier molecular flexibility index (Phi) is 8.27.